The first kappa shape index (κ1) is 32.4. The molecule has 4 unspecified atom stereocenters. The number of cyclic esters (lactones) is 1. The van der Waals surface area contributed by atoms with E-state index in [1.165, 1.54) is 11.1 Å². The smallest absolute Gasteiger partial charge is 0.417 e. The van der Waals surface area contributed by atoms with E-state index in [0.717, 1.165) is 43.2 Å². The van der Waals surface area contributed by atoms with Crippen LogP contribution >= 0.6 is 0 Å². The van der Waals surface area contributed by atoms with Crippen LogP contribution in [0.4, 0.5) is 4.79 Å². The van der Waals surface area contributed by atoms with Gasteiger partial charge in [0.15, 0.2) is 6.23 Å². The average Bonchev–Trinajstić information content (AvgIpc) is 3.83. The van der Waals surface area contributed by atoms with Gasteiger partial charge in [0, 0.05) is 25.8 Å². The maximum absolute atomic E-state index is 14.4. The van der Waals surface area contributed by atoms with Crippen molar-refractivity contribution in [3.63, 3.8) is 0 Å². The number of ether oxygens (including phenoxy) is 2. The van der Waals surface area contributed by atoms with Crippen LogP contribution in [0.2, 0.25) is 0 Å². The SMILES string of the molecule is CCCCCCC(C)C(=O)OC1NCC12CN(C(=O)c1cnn(Cc3ccccc3)c1)CC2C(=O)N1C(=O)OC[C@H]1c1ccccc1. The van der Waals surface area contributed by atoms with Crippen molar-refractivity contribution < 1.29 is 28.7 Å². The molecule has 11 nitrogen and oxygen atoms in total. The number of amides is 3. The normalized spacial score (nSPS) is 24.2. The summed E-state index contributed by atoms with van der Waals surface area (Å²) in [5.74, 6) is -2.15. The van der Waals surface area contributed by atoms with Crippen LogP contribution in [0.5, 0.6) is 0 Å². The van der Waals surface area contributed by atoms with Gasteiger partial charge in [0.1, 0.15) is 12.6 Å². The van der Waals surface area contributed by atoms with Gasteiger partial charge in [0.2, 0.25) is 5.91 Å². The second-order valence-electron chi connectivity index (χ2n) is 13.0. The molecule has 0 aliphatic carbocycles. The molecule has 1 aromatic heterocycles. The number of rotatable bonds is 12. The number of aromatic nitrogens is 2. The summed E-state index contributed by atoms with van der Waals surface area (Å²) in [5.41, 5.74) is 1.32. The average molecular weight is 642 g/mol. The molecule has 3 amide bonds. The number of imide groups is 1. The van der Waals surface area contributed by atoms with E-state index < -0.39 is 35.6 Å². The van der Waals surface area contributed by atoms with Gasteiger partial charge in [-0.15, -0.1) is 0 Å². The van der Waals surface area contributed by atoms with Crippen molar-refractivity contribution in [2.75, 3.05) is 26.2 Å². The number of carbonyl (C=O) groups is 4. The fourth-order valence-corrected chi connectivity index (χ4v) is 6.96. The third kappa shape index (κ3) is 6.67. The summed E-state index contributed by atoms with van der Waals surface area (Å²) >= 11 is 0. The summed E-state index contributed by atoms with van der Waals surface area (Å²) < 4.78 is 13.1. The number of likely N-dealkylation sites (tertiary alicyclic amines) is 1. The summed E-state index contributed by atoms with van der Waals surface area (Å²) in [5, 5.41) is 7.62. The van der Waals surface area contributed by atoms with E-state index in [1.54, 1.807) is 15.8 Å². The molecule has 3 aromatic rings. The van der Waals surface area contributed by atoms with E-state index in [4.69, 9.17) is 9.47 Å². The molecule has 11 heteroatoms. The highest BCUT2D eigenvalue weighted by Crippen LogP contribution is 2.47. The Kier molecular flexibility index (Phi) is 9.72. The Labute approximate surface area is 275 Å². The van der Waals surface area contributed by atoms with E-state index in [1.807, 2.05) is 67.6 Å². The zero-order chi connectivity index (χ0) is 33.0. The summed E-state index contributed by atoms with van der Waals surface area (Å²) in [7, 11) is 0. The number of nitrogens with zero attached hydrogens (tertiary/aromatic N) is 4. The van der Waals surface area contributed by atoms with Crippen LogP contribution in [0.25, 0.3) is 0 Å². The Morgan fingerprint density at radius 3 is 2.51 bits per heavy atom. The zero-order valence-electron chi connectivity index (χ0n) is 27.0. The number of hydrogen-bond donors (Lipinski definition) is 1. The van der Waals surface area contributed by atoms with Crippen molar-refractivity contribution >= 4 is 23.9 Å². The number of nitrogens with one attached hydrogen (secondary N) is 1. The fourth-order valence-electron chi connectivity index (χ4n) is 6.96. The van der Waals surface area contributed by atoms with E-state index in [0.29, 0.717) is 18.7 Å². The molecule has 1 N–H and O–H groups in total. The van der Waals surface area contributed by atoms with Crippen LogP contribution in [0.1, 0.15) is 73.5 Å². The summed E-state index contributed by atoms with van der Waals surface area (Å²) in [6.45, 7) is 5.16. The first-order valence-corrected chi connectivity index (χ1v) is 16.6. The molecule has 6 rings (SSSR count). The van der Waals surface area contributed by atoms with Gasteiger partial charge in [-0.1, -0.05) is 100 Å². The topological polar surface area (TPSA) is 123 Å². The first-order valence-electron chi connectivity index (χ1n) is 16.6. The maximum Gasteiger partial charge on any atom is 0.417 e. The molecule has 2 aromatic carbocycles. The number of carbonyl (C=O) groups excluding carboxylic acids is 4. The highest BCUT2D eigenvalue weighted by molar-refractivity contribution is 5.98. The van der Waals surface area contributed by atoms with Crippen molar-refractivity contribution in [3.8, 4) is 0 Å². The summed E-state index contributed by atoms with van der Waals surface area (Å²) in [4.78, 5) is 57.4. The van der Waals surface area contributed by atoms with Gasteiger partial charge < -0.3 is 14.4 Å². The van der Waals surface area contributed by atoms with Crippen LogP contribution in [-0.2, 0) is 25.6 Å². The van der Waals surface area contributed by atoms with Gasteiger partial charge >= 0.3 is 12.1 Å². The number of benzene rings is 2. The minimum Gasteiger partial charge on any atom is -0.446 e. The maximum atomic E-state index is 14.4. The third-order valence-corrected chi connectivity index (χ3v) is 9.80. The van der Waals surface area contributed by atoms with E-state index in [-0.39, 0.29) is 37.5 Å². The Hall–Kier alpha value is -4.51. The van der Waals surface area contributed by atoms with Gasteiger partial charge in [-0.25, -0.2) is 9.69 Å². The molecular weight excluding hydrogens is 598 g/mol. The van der Waals surface area contributed by atoms with Crippen LogP contribution < -0.4 is 5.32 Å². The number of unbranched alkanes of at least 4 members (excludes halogenated alkanes) is 3. The first-order chi connectivity index (χ1) is 22.8. The van der Waals surface area contributed by atoms with Crippen molar-refractivity contribution in [1.29, 1.82) is 0 Å². The van der Waals surface area contributed by atoms with Crippen LogP contribution in [0.3, 0.4) is 0 Å². The molecule has 3 aliphatic rings. The van der Waals surface area contributed by atoms with Gasteiger partial charge in [-0.3, -0.25) is 24.4 Å². The Balaban J connectivity index is 1.23. The molecule has 0 saturated carbocycles. The van der Waals surface area contributed by atoms with Crippen molar-refractivity contribution in [3.05, 3.63) is 89.7 Å². The Bertz CT molecular complexity index is 1580. The van der Waals surface area contributed by atoms with Crippen LogP contribution in [-0.4, -0.2) is 75.9 Å². The van der Waals surface area contributed by atoms with Gasteiger partial charge in [-0.05, 0) is 17.5 Å². The molecule has 1 spiro atoms. The van der Waals surface area contributed by atoms with E-state index >= 15 is 0 Å². The second-order valence-corrected chi connectivity index (χ2v) is 13.0. The minimum atomic E-state index is -0.908. The minimum absolute atomic E-state index is 0.0454. The second kappa shape index (κ2) is 14.1. The van der Waals surface area contributed by atoms with E-state index in [9.17, 15) is 19.2 Å². The van der Waals surface area contributed by atoms with E-state index in [2.05, 4.69) is 17.3 Å². The quantitative estimate of drug-likeness (QED) is 0.221. The zero-order valence-corrected chi connectivity index (χ0v) is 27.0. The lowest BCUT2D eigenvalue weighted by molar-refractivity contribution is -0.183. The van der Waals surface area contributed by atoms with Gasteiger partial charge in [-0.2, -0.15) is 5.10 Å². The van der Waals surface area contributed by atoms with Gasteiger partial charge in [0.05, 0.1) is 35.6 Å². The Morgan fingerprint density at radius 1 is 1.06 bits per heavy atom. The fraction of sp³-hybridized carbons (Fsp3) is 0.472. The molecule has 5 atom stereocenters. The predicted octanol–water partition coefficient (Wildman–Crippen LogP) is 4.79. The van der Waals surface area contributed by atoms with Crippen LogP contribution in [0.15, 0.2) is 73.1 Å². The van der Waals surface area contributed by atoms with Crippen LogP contribution in [0, 0.1) is 17.3 Å². The molecular formula is C36H43N5O6. The van der Waals surface area contributed by atoms with Crippen molar-refractivity contribution in [2.45, 2.75) is 64.8 Å². The molecule has 3 saturated heterocycles. The highest BCUT2D eigenvalue weighted by atomic mass is 16.6. The monoisotopic (exact) mass is 641 g/mol. The molecule has 47 heavy (non-hydrogen) atoms. The van der Waals surface area contributed by atoms with Gasteiger partial charge in [0.25, 0.3) is 5.91 Å². The largest absolute Gasteiger partial charge is 0.446 e. The number of hydrogen-bond acceptors (Lipinski definition) is 8. The molecule has 3 fully saturated rings. The molecule has 0 bridgehead atoms. The van der Waals surface area contributed by atoms with Crippen molar-refractivity contribution in [2.24, 2.45) is 17.3 Å². The standard InChI is InChI=1S/C36H43N5O6/c1-3-4-5-8-13-25(2)33(44)47-34-36(23-37-34)24-39(31(42)28-18-38-40(20-28)19-26-14-9-6-10-15-26)21-29(36)32(43)41-30(22-46-35(41)45)27-16-11-7-12-17-27/h6-7,9-12,14-18,20,25,29-30,34,37H,3-5,8,13,19,21-24H2,1-2H3/t25?,29?,30-,34?,36?/m0/s1. The highest BCUT2D eigenvalue weighted by Gasteiger charge is 2.64. The summed E-state index contributed by atoms with van der Waals surface area (Å²) in [6.07, 6.45) is 6.69. The summed E-state index contributed by atoms with van der Waals surface area (Å²) in [6, 6.07) is 18.5. The number of esters is 1. The molecule has 0 radical (unpaired) electrons. The lowest BCUT2D eigenvalue weighted by Gasteiger charge is -2.49. The molecule has 248 valence electrons. The molecule has 4 heterocycles. The van der Waals surface area contributed by atoms with Crippen molar-refractivity contribution in [1.82, 2.24) is 24.9 Å². The molecule has 3 aliphatic heterocycles. The Morgan fingerprint density at radius 2 is 1.81 bits per heavy atom. The lowest BCUT2D eigenvalue weighted by Crippen LogP contribution is -2.69. The third-order valence-electron chi connectivity index (χ3n) is 9.80. The predicted molar refractivity (Wildman–Crippen MR) is 173 cm³/mol. The lowest BCUT2D eigenvalue weighted by atomic mass is 9.70.